The molecule has 2 unspecified atom stereocenters. The molecule has 0 aromatic heterocycles. The van der Waals surface area contributed by atoms with E-state index >= 15 is 0 Å². The number of nitrogens with zero attached hydrogens (tertiary/aromatic N) is 1. The van der Waals surface area contributed by atoms with Gasteiger partial charge in [0.1, 0.15) is 5.75 Å². The molecule has 2 aliphatic heterocycles. The molecule has 2 atom stereocenters. The molecule has 0 aliphatic carbocycles. The monoisotopic (exact) mass is 218 g/mol. The molecule has 3 heteroatoms. The number of hydrogen-bond acceptors (Lipinski definition) is 3. The zero-order chi connectivity index (χ0) is 11.1. The summed E-state index contributed by atoms with van der Waals surface area (Å²) in [6, 6.07) is 6.93. The third-order valence-electron chi connectivity index (χ3n) is 3.82. The molecule has 0 saturated carbocycles. The van der Waals surface area contributed by atoms with Crippen LogP contribution in [0.25, 0.3) is 0 Å². The Hall–Kier alpha value is -1.22. The first-order valence-corrected chi connectivity index (χ1v) is 5.91. The number of fused-ring (bicyclic) bond motifs is 3. The minimum Gasteiger partial charge on any atom is -0.495 e. The topological polar surface area (TPSA) is 24.5 Å². The quantitative estimate of drug-likeness (QED) is 0.779. The average Bonchev–Trinajstić information content (AvgIpc) is 2.65. The second-order valence-electron chi connectivity index (χ2n) is 4.83. The molecular weight excluding hydrogens is 200 g/mol. The van der Waals surface area contributed by atoms with Crippen molar-refractivity contribution in [3.8, 4) is 5.75 Å². The fourth-order valence-corrected chi connectivity index (χ4v) is 3.00. The van der Waals surface area contributed by atoms with Crippen molar-refractivity contribution in [1.82, 2.24) is 4.90 Å². The van der Waals surface area contributed by atoms with Crippen molar-refractivity contribution < 1.29 is 4.74 Å². The molecule has 1 aromatic carbocycles. The van der Waals surface area contributed by atoms with Crippen LogP contribution in [0.5, 0.6) is 5.75 Å². The summed E-state index contributed by atoms with van der Waals surface area (Å²) in [4.78, 5) is 2.40. The normalized spacial score (nSPS) is 28.1. The van der Waals surface area contributed by atoms with Crippen LogP contribution in [0.2, 0.25) is 0 Å². The van der Waals surface area contributed by atoms with Gasteiger partial charge in [-0.2, -0.15) is 0 Å². The lowest BCUT2D eigenvalue weighted by atomic mass is 9.89. The van der Waals surface area contributed by atoms with Crippen molar-refractivity contribution in [2.24, 2.45) is 0 Å². The predicted molar refractivity (Wildman–Crippen MR) is 65.3 cm³/mol. The van der Waals surface area contributed by atoms with Gasteiger partial charge in [0.05, 0.1) is 12.8 Å². The Morgan fingerprint density at radius 3 is 3.12 bits per heavy atom. The molecule has 3 rings (SSSR count). The Morgan fingerprint density at radius 2 is 2.31 bits per heavy atom. The van der Waals surface area contributed by atoms with Crippen LogP contribution in [-0.2, 0) is 0 Å². The number of ether oxygens (including phenoxy) is 1. The Kier molecular flexibility index (Phi) is 2.28. The largest absolute Gasteiger partial charge is 0.495 e. The molecule has 1 fully saturated rings. The second kappa shape index (κ2) is 3.67. The standard InChI is InChI=1S/C13H18N2O/c1-15-7-6-9-10-4-3-5-12(16-2)13(10)14-11(9)8-15/h3-5,9,11,14H,6-8H2,1-2H3. The van der Waals surface area contributed by atoms with E-state index < -0.39 is 0 Å². The number of likely N-dealkylation sites (N-methyl/N-ethyl adjacent to an activating group) is 1. The van der Waals surface area contributed by atoms with Crippen LogP contribution in [0.4, 0.5) is 5.69 Å². The van der Waals surface area contributed by atoms with Crippen molar-refractivity contribution in [3.63, 3.8) is 0 Å². The van der Waals surface area contributed by atoms with Crippen LogP contribution in [0, 0.1) is 0 Å². The number of benzene rings is 1. The van der Waals surface area contributed by atoms with Gasteiger partial charge in [0, 0.05) is 18.5 Å². The molecule has 1 saturated heterocycles. The number of hydrogen-bond donors (Lipinski definition) is 1. The van der Waals surface area contributed by atoms with E-state index in [0.29, 0.717) is 12.0 Å². The maximum absolute atomic E-state index is 5.41. The number of anilines is 1. The summed E-state index contributed by atoms with van der Waals surface area (Å²) in [7, 11) is 3.93. The van der Waals surface area contributed by atoms with Crippen LogP contribution in [0.3, 0.4) is 0 Å². The highest BCUT2D eigenvalue weighted by Gasteiger charge is 2.36. The molecular formula is C13H18N2O. The number of piperidine rings is 1. The molecule has 0 amide bonds. The van der Waals surface area contributed by atoms with Gasteiger partial charge in [0.2, 0.25) is 0 Å². The Balaban J connectivity index is 1.97. The number of rotatable bonds is 1. The van der Waals surface area contributed by atoms with Gasteiger partial charge >= 0.3 is 0 Å². The summed E-state index contributed by atoms with van der Waals surface area (Å²) in [5.41, 5.74) is 2.66. The molecule has 0 spiro atoms. The Bertz CT molecular complexity index is 405. The zero-order valence-electron chi connectivity index (χ0n) is 9.86. The van der Waals surface area contributed by atoms with Crippen molar-refractivity contribution in [3.05, 3.63) is 23.8 Å². The number of likely N-dealkylation sites (tertiary alicyclic amines) is 1. The Morgan fingerprint density at radius 1 is 1.44 bits per heavy atom. The zero-order valence-corrected chi connectivity index (χ0v) is 9.86. The number of nitrogens with one attached hydrogen (secondary N) is 1. The molecule has 2 heterocycles. The van der Waals surface area contributed by atoms with Gasteiger partial charge in [-0.05, 0) is 31.6 Å². The van der Waals surface area contributed by atoms with E-state index in [1.54, 1.807) is 7.11 Å². The molecule has 0 radical (unpaired) electrons. The first-order valence-electron chi connectivity index (χ1n) is 5.91. The first kappa shape index (κ1) is 9.97. The van der Waals surface area contributed by atoms with Crippen LogP contribution < -0.4 is 10.1 Å². The highest BCUT2D eigenvalue weighted by atomic mass is 16.5. The van der Waals surface area contributed by atoms with Gasteiger partial charge in [-0.1, -0.05) is 12.1 Å². The van der Waals surface area contributed by atoms with Crippen LogP contribution in [-0.4, -0.2) is 38.2 Å². The van der Waals surface area contributed by atoms with Crippen LogP contribution in [0.15, 0.2) is 18.2 Å². The average molecular weight is 218 g/mol. The lowest BCUT2D eigenvalue weighted by Crippen LogP contribution is -2.41. The first-order chi connectivity index (χ1) is 7.79. The van der Waals surface area contributed by atoms with E-state index in [1.165, 1.54) is 24.2 Å². The predicted octanol–water partition coefficient (Wildman–Crippen LogP) is 1.91. The van der Waals surface area contributed by atoms with E-state index in [4.69, 9.17) is 4.74 Å². The van der Waals surface area contributed by atoms with Crippen LogP contribution in [0.1, 0.15) is 17.9 Å². The summed E-state index contributed by atoms with van der Waals surface area (Å²) in [6.07, 6.45) is 1.24. The summed E-state index contributed by atoms with van der Waals surface area (Å²) in [5.74, 6) is 1.65. The lowest BCUT2D eigenvalue weighted by Gasteiger charge is -2.32. The van der Waals surface area contributed by atoms with E-state index in [2.05, 4.69) is 29.4 Å². The third kappa shape index (κ3) is 1.39. The van der Waals surface area contributed by atoms with Crippen molar-refractivity contribution in [1.29, 1.82) is 0 Å². The van der Waals surface area contributed by atoms with Gasteiger partial charge in [0.15, 0.2) is 0 Å². The fraction of sp³-hybridized carbons (Fsp3) is 0.538. The maximum atomic E-state index is 5.41. The van der Waals surface area contributed by atoms with Crippen molar-refractivity contribution >= 4 is 5.69 Å². The number of para-hydroxylation sites is 1. The second-order valence-corrected chi connectivity index (χ2v) is 4.83. The van der Waals surface area contributed by atoms with Gasteiger partial charge in [-0.25, -0.2) is 0 Å². The molecule has 1 N–H and O–H groups in total. The summed E-state index contributed by atoms with van der Waals surface area (Å²) < 4.78 is 5.41. The van der Waals surface area contributed by atoms with Crippen molar-refractivity contribution in [2.75, 3.05) is 32.6 Å². The molecule has 1 aromatic rings. The van der Waals surface area contributed by atoms with Crippen LogP contribution >= 0.6 is 0 Å². The molecule has 16 heavy (non-hydrogen) atoms. The van der Waals surface area contributed by atoms with Gasteiger partial charge in [-0.3, -0.25) is 0 Å². The Labute approximate surface area is 96.4 Å². The summed E-state index contributed by atoms with van der Waals surface area (Å²) in [6.45, 7) is 2.32. The number of methoxy groups -OCH3 is 1. The van der Waals surface area contributed by atoms with Crippen molar-refractivity contribution in [2.45, 2.75) is 18.4 Å². The molecule has 0 bridgehead atoms. The minimum atomic E-state index is 0.560. The third-order valence-corrected chi connectivity index (χ3v) is 3.82. The summed E-state index contributed by atoms with van der Waals surface area (Å²) >= 11 is 0. The van der Waals surface area contributed by atoms with Gasteiger partial charge in [-0.15, -0.1) is 0 Å². The lowest BCUT2D eigenvalue weighted by molar-refractivity contribution is 0.245. The summed E-state index contributed by atoms with van der Waals surface area (Å²) in [5, 5.41) is 3.62. The van der Waals surface area contributed by atoms with E-state index in [9.17, 15) is 0 Å². The van der Waals surface area contributed by atoms with E-state index in [0.717, 1.165) is 12.3 Å². The maximum Gasteiger partial charge on any atom is 0.142 e. The highest BCUT2D eigenvalue weighted by molar-refractivity contribution is 5.68. The minimum absolute atomic E-state index is 0.560. The SMILES string of the molecule is COc1cccc2c1NC1CN(C)CCC21. The molecule has 3 nitrogen and oxygen atoms in total. The smallest absolute Gasteiger partial charge is 0.142 e. The van der Waals surface area contributed by atoms with Gasteiger partial charge in [0.25, 0.3) is 0 Å². The fourth-order valence-electron chi connectivity index (χ4n) is 3.00. The molecule has 2 aliphatic rings. The van der Waals surface area contributed by atoms with E-state index in [-0.39, 0.29) is 0 Å². The molecule has 86 valence electrons. The highest BCUT2D eigenvalue weighted by Crippen LogP contribution is 2.44. The van der Waals surface area contributed by atoms with Gasteiger partial charge < -0.3 is 15.0 Å². The van der Waals surface area contributed by atoms with E-state index in [1.807, 2.05) is 6.07 Å².